The molecule has 0 saturated heterocycles. The van der Waals surface area contributed by atoms with Crippen molar-refractivity contribution in [3.05, 3.63) is 35.1 Å². The van der Waals surface area contributed by atoms with Crippen molar-refractivity contribution in [2.24, 2.45) is 10.9 Å². The molecule has 0 heterocycles. The molecule has 0 atom stereocenters. The Morgan fingerprint density at radius 1 is 1.38 bits per heavy atom. The van der Waals surface area contributed by atoms with E-state index in [-0.39, 0.29) is 31.1 Å². The van der Waals surface area contributed by atoms with E-state index in [9.17, 15) is 17.6 Å². The standard InChI is InChI=1S/C12H15F4N3O2/c13-10-5-8(11(17)19-20)1-2-9(10)6-18-3-4-21-7-12(14,15)16/h1-2,5,18,20H,3-4,6-7H2,(H2,17,19). The third kappa shape index (κ3) is 6.41. The molecule has 4 N–H and O–H groups in total. The van der Waals surface area contributed by atoms with E-state index < -0.39 is 18.6 Å². The van der Waals surface area contributed by atoms with Gasteiger partial charge in [-0.05, 0) is 6.07 Å². The first-order valence-electron chi connectivity index (χ1n) is 5.95. The predicted octanol–water partition coefficient (Wildman–Crippen LogP) is 1.59. The SMILES string of the molecule is NC(=NO)c1ccc(CNCCOCC(F)(F)F)c(F)c1. The number of hydrogen-bond donors (Lipinski definition) is 3. The highest BCUT2D eigenvalue weighted by Crippen LogP contribution is 2.14. The monoisotopic (exact) mass is 309 g/mol. The molecule has 21 heavy (non-hydrogen) atoms. The molecule has 0 amide bonds. The first-order valence-corrected chi connectivity index (χ1v) is 5.95. The molecule has 0 radical (unpaired) electrons. The van der Waals surface area contributed by atoms with Gasteiger partial charge in [0.1, 0.15) is 12.4 Å². The third-order valence-corrected chi connectivity index (χ3v) is 2.46. The lowest BCUT2D eigenvalue weighted by molar-refractivity contribution is -0.173. The molecule has 0 aliphatic rings. The smallest absolute Gasteiger partial charge is 0.409 e. The van der Waals surface area contributed by atoms with Crippen molar-refractivity contribution in [1.29, 1.82) is 0 Å². The van der Waals surface area contributed by atoms with Gasteiger partial charge in [0, 0.05) is 24.2 Å². The van der Waals surface area contributed by atoms with Crippen LogP contribution in [0, 0.1) is 5.82 Å². The summed E-state index contributed by atoms with van der Waals surface area (Å²) in [5.74, 6) is -0.781. The molecule has 0 spiro atoms. The van der Waals surface area contributed by atoms with Crippen LogP contribution in [-0.4, -0.2) is 37.0 Å². The van der Waals surface area contributed by atoms with Crippen LogP contribution < -0.4 is 11.1 Å². The summed E-state index contributed by atoms with van der Waals surface area (Å²) in [6.45, 7) is -1.17. The van der Waals surface area contributed by atoms with Gasteiger partial charge >= 0.3 is 6.18 Å². The number of rotatable bonds is 7. The fourth-order valence-electron chi connectivity index (χ4n) is 1.46. The highest BCUT2D eigenvalue weighted by molar-refractivity contribution is 5.97. The second-order valence-corrected chi connectivity index (χ2v) is 4.14. The Morgan fingerprint density at radius 2 is 2.10 bits per heavy atom. The molecule has 0 unspecified atom stereocenters. The van der Waals surface area contributed by atoms with Gasteiger partial charge in [0.2, 0.25) is 0 Å². The minimum Gasteiger partial charge on any atom is -0.409 e. The zero-order chi connectivity index (χ0) is 15.9. The molecule has 0 fully saturated rings. The lowest BCUT2D eigenvalue weighted by Crippen LogP contribution is -2.24. The predicted molar refractivity (Wildman–Crippen MR) is 67.5 cm³/mol. The second kappa shape index (κ2) is 7.79. The Balaban J connectivity index is 2.36. The normalized spacial score (nSPS) is 12.7. The van der Waals surface area contributed by atoms with Crippen LogP contribution in [0.4, 0.5) is 17.6 Å². The van der Waals surface area contributed by atoms with Crippen molar-refractivity contribution in [1.82, 2.24) is 5.32 Å². The quantitative estimate of drug-likeness (QED) is 0.178. The highest BCUT2D eigenvalue weighted by atomic mass is 19.4. The highest BCUT2D eigenvalue weighted by Gasteiger charge is 2.27. The zero-order valence-corrected chi connectivity index (χ0v) is 11.0. The van der Waals surface area contributed by atoms with Gasteiger partial charge in [0.05, 0.1) is 6.61 Å². The molecule has 0 aromatic heterocycles. The molecular weight excluding hydrogens is 294 g/mol. The molecule has 118 valence electrons. The fourth-order valence-corrected chi connectivity index (χ4v) is 1.46. The topological polar surface area (TPSA) is 79.9 Å². The number of oxime groups is 1. The van der Waals surface area contributed by atoms with Crippen molar-refractivity contribution in [2.45, 2.75) is 12.7 Å². The number of ether oxygens (including phenoxy) is 1. The number of nitrogens with zero attached hydrogens (tertiary/aromatic N) is 1. The molecule has 0 aliphatic heterocycles. The molecule has 0 aliphatic carbocycles. The number of nitrogens with one attached hydrogen (secondary N) is 1. The molecule has 9 heteroatoms. The molecule has 1 aromatic rings. The Hall–Kier alpha value is -1.87. The Morgan fingerprint density at radius 3 is 2.67 bits per heavy atom. The third-order valence-electron chi connectivity index (χ3n) is 2.46. The molecule has 0 bridgehead atoms. The fraction of sp³-hybridized carbons (Fsp3) is 0.417. The summed E-state index contributed by atoms with van der Waals surface area (Å²) in [6.07, 6.45) is -4.35. The van der Waals surface area contributed by atoms with Gasteiger partial charge < -0.3 is 21.0 Å². The summed E-state index contributed by atoms with van der Waals surface area (Å²) >= 11 is 0. The average molecular weight is 309 g/mol. The van der Waals surface area contributed by atoms with Crippen molar-refractivity contribution < 1.29 is 27.5 Å². The molecule has 5 nitrogen and oxygen atoms in total. The van der Waals surface area contributed by atoms with Gasteiger partial charge in [-0.25, -0.2) is 4.39 Å². The minimum atomic E-state index is -4.35. The number of alkyl halides is 3. The maximum Gasteiger partial charge on any atom is 0.411 e. The molecule has 1 rings (SSSR count). The van der Waals surface area contributed by atoms with Crippen LogP contribution in [0.3, 0.4) is 0 Å². The van der Waals surface area contributed by atoms with E-state index in [1.54, 1.807) is 0 Å². The minimum absolute atomic E-state index is 0.123. The summed E-state index contributed by atoms with van der Waals surface area (Å²) in [6, 6.07) is 4.01. The molecule has 0 saturated carbocycles. The first-order chi connectivity index (χ1) is 9.83. The average Bonchev–Trinajstić information content (AvgIpc) is 2.42. The lowest BCUT2D eigenvalue weighted by atomic mass is 10.1. The van der Waals surface area contributed by atoms with E-state index >= 15 is 0 Å². The van der Waals surface area contributed by atoms with Gasteiger partial charge in [0.15, 0.2) is 5.84 Å². The van der Waals surface area contributed by atoms with E-state index in [0.29, 0.717) is 5.56 Å². The van der Waals surface area contributed by atoms with Crippen LogP contribution in [-0.2, 0) is 11.3 Å². The van der Waals surface area contributed by atoms with Gasteiger partial charge in [-0.1, -0.05) is 17.3 Å². The summed E-state index contributed by atoms with van der Waals surface area (Å²) in [7, 11) is 0. The largest absolute Gasteiger partial charge is 0.411 e. The van der Waals surface area contributed by atoms with Crippen LogP contribution in [0.1, 0.15) is 11.1 Å². The number of hydrogen-bond acceptors (Lipinski definition) is 4. The maximum atomic E-state index is 13.7. The van der Waals surface area contributed by atoms with Gasteiger partial charge in [-0.15, -0.1) is 0 Å². The molecular formula is C12H15F4N3O2. The van der Waals surface area contributed by atoms with Crippen molar-refractivity contribution in [2.75, 3.05) is 19.8 Å². The second-order valence-electron chi connectivity index (χ2n) is 4.14. The van der Waals surface area contributed by atoms with Gasteiger partial charge in [-0.3, -0.25) is 0 Å². The van der Waals surface area contributed by atoms with E-state index in [1.807, 2.05) is 0 Å². The van der Waals surface area contributed by atoms with Crippen LogP contribution >= 0.6 is 0 Å². The van der Waals surface area contributed by atoms with E-state index in [2.05, 4.69) is 15.2 Å². The number of amidine groups is 1. The summed E-state index contributed by atoms with van der Waals surface area (Å²) in [4.78, 5) is 0. The van der Waals surface area contributed by atoms with Gasteiger partial charge in [-0.2, -0.15) is 13.2 Å². The number of benzene rings is 1. The van der Waals surface area contributed by atoms with Crippen molar-refractivity contribution in [3.8, 4) is 0 Å². The van der Waals surface area contributed by atoms with Crippen LogP contribution in [0.5, 0.6) is 0 Å². The van der Waals surface area contributed by atoms with Crippen LogP contribution in [0.25, 0.3) is 0 Å². The first kappa shape index (κ1) is 17.2. The van der Waals surface area contributed by atoms with Crippen molar-refractivity contribution >= 4 is 5.84 Å². The maximum absolute atomic E-state index is 13.7. The Kier molecular flexibility index (Phi) is 6.38. The van der Waals surface area contributed by atoms with Crippen LogP contribution in [0.15, 0.2) is 23.4 Å². The van der Waals surface area contributed by atoms with E-state index in [4.69, 9.17) is 10.9 Å². The van der Waals surface area contributed by atoms with Crippen LogP contribution in [0.2, 0.25) is 0 Å². The lowest BCUT2D eigenvalue weighted by Gasteiger charge is -2.09. The summed E-state index contributed by atoms with van der Waals surface area (Å²) in [5, 5.41) is 14.0. The summed E-state index contributed by atoms with van der Waals surface area (Å²) in [5.41, 5.74) is 5.85. The molecule has 1 aromatic carbocycles. The van der Waals surface area contributed by atoms with E-state index in [0.717, 1.165) is 6.07 Å². The van der Waals surface area contributed by atoms with Crippen molar-refractivity contribution in [3.63, 3.8) is 0 Å². The Labute approximate surface area is 118 Å². The number of nitrogens with two attached hydrogens (primary N) is 1. The van der Waals surface area contributed by atoms with E-state index in [1.165, 1.54) is 12.1 Å². The zero-order valence-electron chi connectivity index (χ0n) is 11.0. The number of halogens is 4. The summed E-state index contributed by atoms with van der Waals surface area (Å²) < 4.78 is 53.4. The van der Waals surface area contributed by atoms with Gasteiger partial charge in [0.25, 0.3) is 0 Å². The Bertz CT molecular complexity index is 492.